The van der Waals surface area contributed by atoms with E-state index in [4.69, 9.17) is 4.74 Å². The first kappa shape index (κ1) is 16.8. The van der Waals surface area contributed by atoms with Crippen LogP contribution in [0.3, 0.4) is 0 Å². The zero-order valence-corrected chi connectivity index (χ0v) is 13.5. The molecule has 1 amide bonds. The number of carbonyl (C=O) groups is 1. The number of nitriles is 1. The van der Waals surface area contributed by atoms with E-state index in [2.05, 4.69) is 5.32 Å². The van der Waals surface area contributed by atoms with Crippen LogP contribution in [0.2, 0.25) is 0 Å². The van der Waals surface area contributed by atoms with Crippen LogP contribution in [0.25, 0.3) is 0 Å². The van der Waals surface area contributed by atoms with Gasteiger partial charge >= 0.3 is 0 Å². The first-order valence-electron chi connectivity index (χ1n) is 7.52. The third-order valence-electron chi connectivity index (χ3n) is 3.58. The number of morpholine rings is 1. The Kier molecular flexibility index (Phi) is 5.24. The second kappa shape index (κ2) is 7.16. The highest BCUT2D eigenvalue weighted by atomic mass is 16.5. The summed E-state index contributed by atoms with van der Waals surface area (Å²) in [6.07, 6.45) is 1.22. The molecule has 2 unspecified atom stereocenters. The van der Waals surface area contributed by atoms with Crippen LogP contribution in [0.5, 0.6) is 5.75 Å². The number of aryl methyl sites for hydroxylation is 1. The fourth-order valence-corrected chi connectivity index (χ4v) is 2.57. The van der Waals surface area contributed by atoms with Crippen LogP contribution < -0.4 is 5.32 Å². The summed E-state index contributed by atoms with van der Waals surface area (Å²) >= 11 is 0. The number of anilines is 1. The fraction of sp³-hybridized carbons (Fsp3) is 0.412. The number of hydrogen-bond acceptors (Lipinski definition) is 5. The number of nitrogens with one attached hydrogen (secondary N) is 1. The van der Waals surface area contributed by atoms with Crippen LogP contribution in [0.1, 0.15) is 19.4 Å². The molecule has 0 bridgehead atoms. The molecule has 6 nitrogen and oxygen atoms in total. The van der Waals surface area contributed by atoms with Gasteiger partial charge in [-0.1, -0.05) is 6.07 Å². The molecule has 0 saturated carbocycles. The lowest BCUT2D eigenvalue weighted by atomic mass is 10.2. The summed E-state index contributed by atoms with van der Waals surface area (Å²) in [4.78, 5) is 14.1. The molecule has 2 atom stereocenters. The Morgan fingerprint density at radius 1 is 1.43 bits per heavy atom. The van der Waals surface area contributed by atoms with Crippen LogP contribution >= 0.6 is 0 Å². The maximum atomic E-state index is 12.5. The van der Waals surface area contributed by atoms with Crippen molar-refractivity contribution in [3.8, 4) is 11.8 Å². The van der Waals surface area contributed by atoms with Gasteiger partial charge < -0.3 is 20.1 Å². The van der Waals surface area contributed by atoms with Crippen molar-refractivity contribution in [1.82, 2.24) is 4.90 Å². The molecule has 1 aromatic carbocycles. The maximum Gasteiger partial charge on any atom is 0.266 e. The molecule has 23 heavy (non-hydrogen) atoms. The second-order valence-corrected chi connectivity index (χ2v) is 5.80. The van der Waals surface area contributed by atoms with Gasteiger partial charge in [0.05, 0.1) is 17.9 Å². The van der Waals surface area contributed by atoms with Crippen molar-refractivity contribution in [1.29, 1.82) is 5.26 Å². The molecule has 1 saturated heterocycles. The largest absolute Gasteiger partial charge is 0.506 e. The van der Waals surface area contributed by atoms with E-state index >= 15 is 0 Å². The molecular weight excluding hydrogens is 294 g/mol. The summed E-state index contributed by atoms with van der Waals surface area (Å²) in [5, 5.41) is 21.9. The first-order valence-corrected chi connectivity index (χ1v) is 7.52. The van der Waals surface area contributed by atoms with E-state index in [1.165, 1.54) is 6.20 Å². The van der Waals surface area contributed by atoms with Gasteiger partial charge in [-0.2, -0.15) is 5.26 Å². The number of aromatic hydroxyl groups is 1. The molecule has 1 aromatic rings. The molecule has 2 N–H and O–H groups in total. The van der Waals surface area contributed by atoms with Crippen LogP contribution in [0.15, 0.2) is 30.0 Å². The number of phenols is 1. The lowest BCUT2D eigenvalue weighted by Gasteiger charge is -2.35. The number of benzene rings is 1. The Balaban J connectivity index is 2.14. The highest BCUT2D eigenvalue weighted by Gasteiger charge is 2.27. The van der Waals surface area contributed by atoms with Gasteiger partial charge in [0, 0.05) is 19.3 Å². The number of ether oxygens (including phenoxy) is 1. The number of phenolic OH excluding ortho intramolecular Hbond substituents is 1. The zero-order valence-electron chi connectivity index (χ0n) is 13.5. The lowest BCUT2D eigenvalue weighted by Crippen LogP contribution is -2.48. The molecule has 6 heteroatoms. The van der Waals surface area contributed by atoms with Crippen LogP contribution in [0.4, 0.5) is 5.69 Å². The number of amides is 1. The van der Waals surface area contributed by atoms with Gasteiger partial charge in [-0.3, -0.25) is 4.79 Å². The number of hydrogen-bond donors (Lipinski definition) is 2. The van der Waals surface area contributed by atoms with Crippen molar-refractivity contribution < 1.29 is 14.6 Å². The van der Waals surface area contributed by atoms with Crippen molar-refractivity contribution in [2.45, 2.75) is 33.0 Å². The minimum absolute atomic E-state index is 0.00722. The van der Waals surface area contributed by atoms with E-state index < -0.39 is 0 Å². The smallest absolute Gasteiger partial charge is 0.266 e. The second-order valence-electron chi connectivity index (χ2n) is 5.80. The van der Waals surface area contributed by atoms with Crippen LogP contribution in [-0.4, -0.2) is 41.2 Å². The lowest BCUT2D eigenvalue weighted by molar-refractivity contribution is -0.138. The average molecular weight is 315 g/mol. The third kappa shape index (κ3) is 4.24. The Hall–Kier alpha value is -2.52. The van der Waals surface area contributed by atoms with Crippen molar-refractivity contribution in [2.24, 2.45) is 0 Å². The molecule has 122 valence electrons. The highest BCUT2D eigenvalue weighted by Crippen LogP contribution is 2.24. The minimum Gasteiger partial charge on any atom is -0.506 e. The van der Waals surface area contributed by atoms with E-state index in [1.807, 2.05) is 26.8 Å². The van der Waals surface area contributed by atoms with E-state index in [0.29, 0.717) is 18.8 Å². The molecule has 1 aliphatic rings. The number of nitrogens with zero attached hydrogens (tertiary/aromatic N) is 2. The van der Waals surface area contributed by atoms with Gasteiger partial charge in [0.1, 0.15) is 17.4 Å². The quantitative estimate of drug-likeness (QED) is 0.507. The molecule has 1 fully saturated rings. The summed E-state index contributed by atoms with van der Waals surface area (Å²) in [6, 6.07) is 6.99. The molecule has 2 rings (SSSR count). The molecular formula is C17H21N3O3. The van der Waals surface area contributed by atoms with Gasteiger partial charge in [0.2, 0.25) is 0 Å². The van der Waals surface area contributed by atoms with Crippen molar-refractivity contribution in [3.05, 3.63) is 35.5 Å². The summed E-state index contributed by atoms with van der Waals surface area (Å²) < 4.78 is 5.59. The Morgan fingerprint density at radius 2 is 2.09 bits per heavy atom. The molecule has 0 spiro atoms. The normalized spacial score (nSPS) is 21.7. The van der Waals surface area contributed by atoms with Gasteiger partial charge in [0.15, 0.2) is 0 Å². The van der Waals surface area contributed by atoms with E-state index in [1.54, 1.807) is 23.1 Å². The highest BCUT2D eigenvalue weighted by molar-refractivity contribution is 5.97. The third-order valence-corrected chi connectivity index (χ3v) is 3.58. The SMILES string of the molecule is Cc1ccc(O)c(N/C=C(/C#N)C(=O)N2CC(C)OC(C)C2)c1. The van der Waals surface area contributed by atoms with Gasteiger partial charge in [-0.25, -0.2) is 0 Å². The van der Waals surface area contributed by atoms with E-state index in [0.717, 1.165) is 5.56 Å². The molecule has 0 aromatic heterocycles. The molecule has 1 aliphatic heterocycles. The average Bonchev–Trinajstić information content (AvgIpc) is 2.50. The van der Waals surface area contributed by atoms with Crippen molar-refractivity contribution in [3.63, 3.8) is 0 Å². The van der Waals surface area contributed by atoms with Gasteiger partial charge in [-0.15, -0.1) is 0 Å². The standard InChI is InChI=1S/C17H21N3O3/c1-11-4-5-16(21)15(6-11)19-8-14(7-18)17(22)20-9-12(2)23-13(3)10-20/h4-6,8,12-13,19,21H,9-10H2,1-3H3/b14-8-. The van der Waals surface area contributed by atoms with Gasteiger partial charge in [-0.05, 0) is 38.5 Å². The topological polar surface area (TPSA) is 85.6 Å². The summed E-state index contributed by atoms with van der Waals surface area (Å²) in [7, 11) is 0. The van der Waals surface area contributed by atoms with E-state index in [-0.39, 0.29) is 29.4 Å². The Labute approximate surface area is 136 Å². The van der Waals surface area contributed by atoms with Crippen molar-refractivity contribution >= 4 is 11.6 Å². The predicted molar refractivity (Wildman–Crippen MR) is 86.8 cm³/mol. The van der Waals surface area contributed by atoms with Crippen molar-refractivity contribution in [2.75, 3.05) is 18.4 Å². The van der Waals surface area contributed by atoms with Crippen LogP contribution in [-0.2, 0) is 9.53 Å². The number of carbonyl (C=O) groups excluding carboxylic acids is 1. The number of rotatable bonds is 3. The van der Waals surface area contributed by atoms with E-state index in [9.17, 15) is 15.2 Å². The predicted octanol–water partition coefficient (Wildman–Crippen LogP) is 2.16. The van der Waals surface area contributed by atoms with Crippen LogP contribution in [0, 0.1) is 18.3 Å². The fourth-order valence-electron chi connectivity index (χ4n) is 2.57. The summed E-state index contributed by atoms with van der Waals surface area (Å²) in [5.74, 6) is -0.278. The zero-order chi connectivity index (χ0) is 17.0. The maximum absolute atomic E-state index is 12.5. The summed E-state index contributed by atoms with van der Waals surface area (Å²) in [5.41, 5.74) is 1.40. The molecule has 0 radical (unpaired) electrons. The molecule has 0 aliphatic carbocycles. The Morgan fingerprint density at radius 3 is 2.70 bits per heavy atom. The summed E-state index contributed by atoms with van der Waals surface area (Å²) in [6.45, 7) is 6.60. The Bertz CT molecular complexity index is 654. The first-order chi connectivity index (χ1) is 10.9. The minimum atomic E-state index is -0.339. The monoisotopic (exact) mass is 315 g/mol. The van der Waals surface area contributed by atoms with Gasteiger partial charge in [0.25, 0.3) is 5.91 Å². The molecule has 1 heterocycles.